The van der Waals surface area contributed by atoms with Gasteiger partial charge in [-0.15, -0.1) is 0 Å². The van der Waals surface area contributed by atoms with Crippen molar-refractivity contribution < 1.29 is 19.1 Å². The number of alkyl halides is 1. The second-order valence-electron chi connectivity index (χ2n) is 7.41. The molecule has 31 heavy (non-hydrogen) atoms. The van der Waals surface area contributed by atoms with Crippen LogP contribution in [0.5, 0.6) is 0 Å². The molecule has 0 aliphatic heterocycles. The Labute approximate surface area is 192 Å². The van der Waals surface area contributed by atoms with Gasteiger partial charge in [0.15, 0.2) is 0 Å². The Bertz CT molecular complexity index is 926. The summed E-state index contributed by atoms with van der Waals surface area (Å²) >= 11 is 12.7. The van der Waals surface area contributed by atoms with Gasteiger partial charge in [-0.05, 0) is 53.8 Å². The molecule has 3 nitrogen and oxygen atoms in total. The lowest BCUT2D eigenvalue weighted by Crippen LogP contribution is -2.31. The quantitative estimate of drug-likeness (QED) is 0.296. The summed E-state index contributed by atoms with van der Waals surface area (Å²) in [5.41, 5.74) is 2.23. The third kappa shape index (κ3) is 6.09. The van der Waals surface area contributed by atoms with E-state index >= 15 is 0 Å². The monoisotopic (exact) mass is 460 g/mol. The van der Waals surface area contributed by atoms with Gasteiger partial charge in [-0.3, -0.25) is 0 Å². The van der Waals surface area contributed by atoms with Crippen LogP contribution in [0.1, 0.15) is 36.0 Å². The summed E-state index contributed by atoms with van der Waals surface area (Å²) in [5, 5.41) is 18.8. The Morgan fingerprint density at radius 3 is 1.87 bits per heavy atom. The number of rotatable bonds is 10. The second-order valence-corrected chi connectivity index (χ2v) is 8.29. The predicted molar refractivity (Wildman–Crippen MR) is 124 cm³/mol. The zero-order chi connectivity index (χ0) is 22.3. The van der Waals surface area contributed by atoms with Crippen molar-refractivity contribution in [3.8, 4) is 0 Å². The van der Waals surface area contributed by atoms with Gasteiger partial charge in [-0.25, -0.2) is 4.39 Å². The fraction of sp³-hybridized carbons (Fsp3) is 0.250. The highest BCUT2D eigenvalue weighted by molar-refractivity contribution is 6.32. The van der Waals surface area contributed by atoms with Crippen LogP contribution in [-0.4, -0.2) is 30.1 Å². The normalized spacial score (nSPS) is 12.5. The molecule has 2 N–H and O–H groups in total. The van der Waals surface area contributed by atoms with Gasteiger partial charge in [-0.1, -0.05) is 77.8 Å². The average Bonchev–Trinajstić information content (AvgIpc) is 2.75. The van der Waals surface area contributed by atoms with Crippen LogP contribution in [0.15, 0.2) is 78.9 Å². The third-order valence-corrected chi connectivity index (χ3v) is 5.90. The van der Waals surface area contributed by atoms with Crippen LogP contribution in [0, 0.1) is 0 Å². The van der Waals surface area contributed by atoms with Crippen molar-refractivity contribution in [1.29, 1.82) is 0 Å². The lowest BCUT2D eigenvalue weighted by Gasteiger charge is -2.37. The molecule has 162 valence electrons. The molecule has 7 heteroatoms. The van der Waals surface area contributed by atoms with Gasteiger partial charge in [0, 0.05) is 28.5 Å². The fourth-order valence-electron chi connectivity index (χ4n) is 3.98. The van der Waals surface area contributed by atoms with Crippen molar-refractivity contribution >= 4 is 30.5 Å². The lowest BCUT2D eigenvalue weighted by atomic mass is 9.66. The first kappa shape index (κ1) is 23.8. The number of halogens is 3. The highest BCUT2D eigenvalue weighted by Gasteiger charge is 2.37. The Morgan fingerprint density at radius 2 is 1.35 bits per heavy atom. The summed E-state index contributed by atoms with van der Waals surface area (Å²) in [4.78, 5) is 0. The van der Waals surface area contributed by atoms with Gasteiger partial charge in [0.1, 0.15) is 6.17 Å². The maximum absolute atomic E-state index is 14.8. The zero-order valence-corrected chi connectivity index (χ0v) is 18.4. The Hall–Kier alpha value is -1.89. The van der Waals surface area contributed by atoms with Gasteiger partial charge < -0.3 is 14.7 Å². The highest BCUT2D eigenvalue weighted by atomic mass is 35.5. The molecule has 3 aromatic rings. The molecule has 0 aliphatic rings. The Kier molecular flexibility index (Phi) is 8.53. The third-order valence-electron chi connectivity index (χ3n) is 5.43. The summed E-state index contributed by atoms with van der Waals surface area (Å²) in [7, 11) is -1.89. The number of hydrogen-bond acceptors (Lipinski definition) is 3. The highest BCUT2D eigenvalue weighted by Crippen LogP contribution is 2.44. The molecule has 0 aromatic heterocycles. The molecular weight excluding hydrogens is 437 g/mol. The van der Waals surface area contributed by atoms with E-state index in [0.29, 0.717) is 16.5 Å². The van der Waals surface area contributed by atoms with Crippen molar-refractivity contribution in [2.75, 3.05) is 6.61 Å². The zero-order valence-electron chi connectivity index (χ0n) is 16.9. The minimum absolute atomic E-state index is 0.0631. The molecule has 0 saturated carbocycles. The molecule has 1 unspecified atom stereocenters. The van der Waals surface area contributed by atoms with E-state index in [2.05, 4.69) is 4.65 Å². The van der Waals surface area contributed by atoms with Crippen molar-refractivity contribution in [1.82, 2.24) is 0 Å². The summed E-state index contributed by atoms with van der Waals surface area (Å²) in [6.07, 6.45) is -0.423. The summed E-state index contributed by atoms with van der Waals surface area (Å²) in [6.45, 7) is -0.0779. The smallest absolute Gasteiger partial charge is 0.402 e. The molecule has 0 fully saturated rings. The largest absolute Gasteiger partial charge is 0.633 e. The van der Waals surface area contributed by atoms with E-state index in [9.17, 15) is 4.39 Å². The molecule has 0 amide bonds. The Morgan fingerprint density at radius 1 is 0.806 bits per heavy atom. The number of benzene rings is 3. The molecule has 3 aromatic carbocycles. The van der Waals surface area contributed by atoms with Crippen LogP contribution < -0.4 is 0 Å². The SMILES string of the molecule is OB(O)OCCC(F)CCC(c1ccccc1)(c1cccc(Cl)c1)c1cccc(Cl)c1. The van der Waals surface area contributed by atoms with Crippen LogP contribution in [-0.2, 0) is 10.1 Å². The number of hydrogen-bond donors (Lipinski definition) is 2. The predicted octanol–water partition coefficient (Wildman–Crippen LogP) is 5.82. The van der Waals surface area contributed by atoms with Crippen molar-refractivity contribution in [2.45, 2.75) is 30.8 Å². The van der Waals surface area contributed by atoms with Crippen LogP contribution >= 0.6 is 23.2 Å². The molecular formula is C24H24BCl2FO3. The van der Waals surface area contributed by atoms with E-state index in [-0.39, 0.29) is 19.4 Å². The van der Waals surface area contributed by atoms with Crippen LogP contribution in [0.2, 0.25) is 10.0 Å². The fourth-order valence-corrected chi connectivity index (χ4v) is 4.36. The van der Waals surface area contributed by atoms with Crippen LogP contribution in [0.25, 0.3) is 0 Å². The van der Waals surface area contributed by atoms with Gasteiger partial charge in [0.05, 0.1) is 0 Å². The van der Waals surface area contributed by atoms with E-state index in [1.165, 1.54) is 0 Å². The van der Waals surface area contributed by atoms with Gasteiger partial charge >= 0.3 is 7.32 Å². The first-order valence-electron chi connectivity index (χ1n) is 10.1. The van der Waals surface area contributed by atoms with E-state index in [4.69, 9.17) is 33.2 Å². The minimum atomic E-state index is -1.89. The average molecular weight is 461 g/mol. The molecule has 0 bridgehead atoms. The molecule has 0 saturated heterocycles. The molecule has 0 radical (unpaired) electrons. The molecule has 3 rings (SSSR count). The molecule has 1 atom stereocenters. The maximum atomic E-state index is 14.8. The van der Waals surface area contributed by atoms with Gasteiger partial charge in [-0.2, -0.15) is 0 Å². The van der Waals surface area contributed by atoms with E-state index in [1.807, 2.05) is 78.9 Å². The van der Waals surface area contributed by atoms with Crippen molar-refractivity contribution in [3.05, 3.63) is 106 Å². The van der Waals surface area contributed by atoms with Gasteiger partial charge in [0.2, 0.25) is 0 Å². The minimum Gasteiger partial charge on any atom is -0.402 e. The Balaban J connectivity index is 2.05. The van der Waals surface area contributed by atoms with E-state index in [1.54, 1.807) is 0 Å². The summed E-state index contributed by atoms with van der Waals surface area (Å²) in [5.74, 6) is 0. The lowest BCUT2D eigenvalue weighted by molar-refractivity contribution is 0.156. The van der Waals surface area contributed by atoms with E-state index < -0.39 is 18.9 Å². The van der Waals surface area contributed by atoms with Crippen LogP contribution in [0.3, 0.4) is 0 Å². The van der Waals surface area contributed by atoms with E-state index in [0.717, 1.165) is 16.7 Å². The summed E-state index contributed by atoms with van der Waals surface area (Å²) in [6, 6.07) is 25.2. The first-order chi connectivity index (χ1) is 14.9. The van der Waals surface area contributed by atoms with Gasteiger partial charge in [0.25, 0.3) is 0 Å². The standard InChI is InChI=1S/C24H24BCl2FO3/c26-21-10-4-8-19(16-21)24(18-6-2-1-3-7-18,20-9-5-11-22(27)17-20)14-12-23(28)13-15-31-25(29)30/h1-11,16-17,23,29-30H,12-15H2. The second kappa shape index (κ2) is 11.1. The summed E-state index contributed by atoms with van der Waals surface area (Å²) < 4.78 is 19.5. The first-order valence-corrected chi connectivity index (χ1v) is 10.9. The van der Waals surface area contributed by atoms with Crippen LogP contribution in [0.4, 0.5) is 4.39 Å². The van der Waals surface area contributed by atoms with Crippen molar-refractivity contribution in [3.63, 3.8) is 0 Å². The van der Waals surface area contributed by atoms with Crippen molar-refractivity contribution in [2.24, 2.45) is 0 Å². The molecule has 0 spiro atoms. The topological polar surface area (TPSA) is 49.7 Å². The molecule has 0 aliphatic carbocycles. The maximum Gasteiger partial charge on any atom is 0.633 e. The molecule has 0 heterocycles.